The zero-order valence-electron chi connectivity index (χ0n) is 18.2. The van der Waals surface area contributed by atoms with Crippen molar-refractivity contribution in [1.29, 1.82) is 0 Å². The van der Waals surface area contributed by atoms with E-state index in [2.05, 4.69) is 33.1 Å². The van der Waals surface area contributed by atoms with Crippen molar-refractivity contribution >= 4 is 44.7 Å². The number of hydrogen-bond acceptors (Lipinski definition) is 10. The molecule has 1 aliphatic rings. The zero-order chi connectivity index (χ0) is 22.8. The Morgan fingerprint density at radius 3 is 2.85 bits per heavy atom. The third-order valence-corrected chi connectivity index (χ3v) is 7.93. The molecule has 172 valence electrons. The Hall–Kier alpha value is -2.66. The van der Waals surface area contributed by atoms with Crippen molar-refractivity contribution in [2.45, 2.75) is 38.3 Å². The topological polar surface area (TPSA) is 116 Å². The highest BCUT2D eigenvalue weighted by Gasteiger charge is 2.33. The zero-order valence-corrected chi connectivity index (χ0v) is 19.9. The van der Waals surface area contributed by atoms with Gasteiger partial charge < -0.3 is 20.8 Å². The van der Waals surface area contributed by atoms with Crippen LogP contribution in [0.3, 0.4) is 0 Å². The minimum Gasteiger partial charge on any atom is -0.396 e. The Labute approximate surface area is 199 Å². The molecular weight excluding hydrogens is 456 g/mol. The summed E-state index contributed by atoms with van der Waals surface area (Å²) in [6, 6.07) is 5.94. The number of aliphatic hydroxyl groups excluding tert-OH is 2. The molecule has 3 atom stereocenters. The van der Waals surface area contributed by atoms with Crippen molar-refractivity contribution in [3.8, 4) is 10.6 Å². The quantitative estimate of drug-likeness (QED) is 0.300. The van der Waals surface area contributed by atoms with Gasteiger partial charge in [0.1, 0.15) is 16.3 Å². The first-order valence-corrected chi connectivity index (χ1v) is 12.7. The molecule has 0 aliphatic heterocycles. The number of aliphatic hydroxyl groups is 2. The molecule has 0 spiro atoms. The number of thiophene rings is 1. The summed E-state index contributed by atoms with van der Waals surface area (Å²) in [4.78, 5) is 19.8. The fraction of sp³-hybridized carbons (Fsp3) is 0.391. The van der Waals surface area contributed by atoms with E-state index in [0.717, 1.165) is 39.4 Å². The van der Waals surface area contributed by atoms with Crippen LogP contribution in [0.2, 0.25) is 0 Å². The summed E-state index contributed by atoms with van der Waals surface area (Å²) in [7, 11) is 0. The van der Waals surface area contributed by atoms with Crippen molar-refractivity contribution in [3.63, 3.8) is 0 Å². The third kappa shape index (κ3) is 4.84. The second-order valence-corrected chi connectivity index (χ2v) is 10.4. The van der Waals surface area contributed by atoms with E-state index in [1.165, 1.54) is 4.88 Å². The van der Waals surface area contributed by atoms with Crippen molar-refractivity contribution < 1.29 is 10.2 Å². The average molecular weight is 483 g/mol. The van der Waals surface area contributed by atoms with Gasteiger partial charge in [-0.2, -0.15) is 4.98 Å². The van der Waals surface area contributed by atoms with Crippen LogP contribution in [0.25, 0.3) is 20.8 Å². The van der Waals surface area contributed by atoms with E-state index in [0.29, 0.717) is 24.6 Å². The summed E-state index contributed by atoms with van der Waals surface area (Å²) < 4.78 is 1.05. The molecule has 4 N–H and O–H groups in total. The summed E-state index contributed by atoms with van der Waals surface area (Å²) in [5.41, 5.74) is 2.48. The molecule has 1 fully saturated rings. The molecule has 1 aliphatic carbocycles. The monoisotopic (exact) mass is 482 g/mol. The van der Waals surface area contributed by atoms with E-state index in [1.807, 2.05) is 13.0 Å². The lowest BCUT2D eigenvalue weighted by molar-refractivity contribution is 0.157. The highest BCUT2D eigenvalue weighted by molar-refractivity contribution is 7.21. The number of aromatic nitrogens is 4. The van der Waals surface area contributed by atoms with Gasteiger partial charge in [0, 0.05) is 24.2 Å². The van der Waals surface area contributed by atoms with E-state index in [4.69, 9.17) is 15.0 Å². The summed E-state index contributed by atoms with van der Waals surface area (Å²) in [5, 5.41) is 29.8. The first-order chi connectivity index (χ1) is 16.1. The van der Waals surface area contributed by atoms with Crippen LogP contribution in [0.4, 0.5) is 11.8 Å². The van der Waals surface area contributed by atoms with Gasteiger partial charge in [-0.25, -0.2) is 9.97 Å². The lowest BCUT2D eigenvalue weighted by Crippen LogP contribution is -2.29. The van der Waals surface area contributed by atoms with Crippen LogP contribution in [0.5, 0.6) is 0 Å². The number of aryl methyl sites for hydroxylation is 1. The third-order valence-electron chi connectivity index (χ3n) is 5.94. The van der Waals surface area contributed by atoms with Crippen LogP contribution in [-0.2, 0) is 6.42 Å². The van der Waals surface area contributed by atoms with E-state index in [1.54, 1.807) is 35.1 Å². The van der Waals surface area contributed by atoms with E-state index < -0.39 is 6.10 Å². The van der Waals surface area contributed by atoms with Gasteiger partial charge >= 0.3 is 0 Å². The van der Waals surface area contributed by atoms with Crippen LogP contribution < -0.4 is 10.6 Å². The molecule has 4 aromatic heterocycles. The molecule has 0 radical (unpaired) electrons. The molecule has 10 heteroatoms. The fourth-order valence-corrected chi connectivity index (χ4v) is 5.99. The maximum atomic E-state index is 10.6. The second kappa shape index (κ2) is 9.68. The molecule has 33 heavy (non-hydrogen) atoms. The van der Waals surface area contributed by atoms with Gasteiger partial charge in [0.05, 0.1) is 34.3 Å². The fourth-order valence-electron chi connectivity index (χ4n) is 4.25. The smallest absolute Gasteiger partial charge is 0.224 e. The van der Waals surface area contributed by atoms with Crippen LogP contribution >= 0.6 is 22.7 Å². The van der Waals surface area contributed by atoms with Gasteiger partial charge in [-0.1, -0.05) is 6.07 Å². The molecule has 0 amide bonds. The number of rotatable bonds is 8. The van der Waals surface area contributed by atoms with Crippen LogP contribution in [0.1, 0.15) is 23.4 Å². The predicted octanol–water partition coefficient (Wildman–Crippen LogP) is 3.72. The Kier molecular flexibility index (Phi) is 6.50. The Morgan fingerprint density at radius 2 is 2.09 bits per heavy atom. The normalized spacial score (nSPS) is 20.4. The van der Waals surface area contributed by atoms with Crippen molar-refractivity contribution in [2.75, 3.05) is 23.8 Å². The van der Waals surface area contributed by atoms with Gasteiger partial charge in [-0.15, -0.1) is 22.7 Å². The molecule has 5 rings (SSSR count). The molecule has 4 aromatic rings. The molecular formula is C23H26N6O2S2. The highest BCUT2D eigenvalue weighted by Crippen LogP contribution is 2.37. The van der Waals surface area contributed by atoms with E-state index >= 15 is 0 Å². The first kappa shape index (κ1) is 22.1. The summed E-state index contributed by atoms with van der Waals surface area (Å²) in [6.07, 6.45) is 5.13. The van der Waals surface area contributed by atoms with Crippen molar-refractivity contribution in [1.82, 2.24) is 19.9 Å². The molecule has 0 unspecified atom stereocenters. The molecule has 8 nitrogen and oxygen atoms in total. The SMILES string of the molecule is Cc1nc(NCCc2cccs2)nc(N[C@@H]2C[C@H](CO)C[C@H]2O)c1-c1nc2cnccc2s1. The standard InChI is InChI=1S/C23H26N6O2S2/c1-13-20(22-28-17-11-24-6-5-19(17)33-22)21(27-16-9-14(12-30)10-18(16)31)29-23(26-13)25-7-4-15-3-2-8-32-15/h2-3,5-6,8,11,14,16,18,30-31H,4,7,9-10,12H2,1H3,(H2,25,26,27,29)/t14-,16+,18+/m0/s1. The maximum absolute atomic E-state index is 10.6. The largest absolute Gasteiger partial charge is 0.396 e. The summed E-state index contributed by atoms with van der Waals surface area (Å²) in [6.45, 7) is 2.76. The number of pyridine rings is 1. The number of thiazole rings is 1. The number of nitrogens with one attached hydrogen (secondary N) is 2. The van der Waals surface area contributed by atoms with Crippen LogP contribution in [0, 0.1) is 12.8 Å². The molecule has 0 saturated heterocycles. The van der Waals surface area contributed by atoms with Gasteiger partial charge in [-0.05, 0) is 49.6 Å². The molecule has 0 aromatic carbocycles. The Morgan fingerprint density at radius 1 is 1.18 bits per heavy atom. The minimum atomic E-state index is -0.542. The Balaban J connectivity index is 1.46. The molecule has 1 saturated carbocycles. The second-order valence-electron chi connectivity index (χ2n) is 8.31. The first-order valence-electron chi connectivity index (χ1n) is 11.0. The van der Waals surface area contributed by atoms with Crippen LogP contribution in [0.15, 0.2) is 36.0 Å². The number of hydrogen-bond donors (Lipinski definition) is 4. The van der Waals surface area contributed by atoms with Crippen molar-refractivity contribution in [2.24, 2.45) is 5.92 Å². The lowest BCUT2D eigenvalue weighted by Gasteiger charge is -2.20. The maximum Gasteiger partial charge on any atom is 0.224 e. The van der Waals surface area contributed by atoms with Gasteiger partial charge in [0.2, 0.25) is 5.95 Å². The van der Waals surface area contributed by atoms with Gasteiger partial charge in [0.15, 0.2) is 0 Å². The van der Waals surface area contributed by atoms with Gasteiger partial charge in [0.25, 0.3) is 0 Å². The summed E-state index contributed by atoms with van der Waals surface area (Å²) in [5.74, 6) is 1.28. The van der Waals surface area contributed by atoms with Crippen molar-refractivity contribution in [3.05, 3.63) is 46.5 Å². The summed E-state index contributed by atoms with van der Waals surface area (Å²) >= 11 is 3.31. The Bertz CT molecular complexity index is 1200. The van der Waals surface area contributed by atoms with Gasteiger partial charge in [-0.3, -0.25) is 4.98 Å². The van der Waals surface area contributed by atoms with Crippen LogP contribution in [-0.4, -0.2) is 55.4 Å². The lowest BCUT2D eigenvalue weighted by atomic mass is 10.1. The van der Waals surface area contributed by atoms with E-state index in [-0.39, 0.29) is 18.6 Å². The van der Waals surface area contributed by atoms with E-state index in [9.17, 15) is 10.2 Å². The highest BCUT2D eigenvalue weighted by atomic mass is 32.1. The molecule has 0 bridgehead atoms. The average Bonchev–Trinajstić information content (AvgIpc) is 3.54. The predicted molar refractivity (Wildman–Crippen MR) is 133 cm³/mol. The minimum absolute atomic E-state index is 0.0747. The number of nitrogens with zero attached hydrogens (tertiary/aromatic N) is 4. The number of anilines is 2. The number of fused-ring (bicyclic) bond motifs is 1. The molecule has 4 heterocycles.